The molecular weight excluding hydrogens is 531 g/mol. The van der Waals surface area contributed by atoms with E-state index < -0.39 is 31.9 Å². The van der Waals surface area contributed by atoms with Crippen molar-refractivity contribution >= 4 is 19.5 Å². The van der Waals surface area contributed by atoms with Gasteiger partial charge < -0.3 is 29.8 Å². The van der Waals surface area contributed by atoms with Crippen LogP contribution in [-0.2, 0) is 14.2 Å². The Morgan fingerprint density at radius 3 is 1.85 bits per heavy atom. The predicted molar refractivity (Wildman–Crippen MR) is 145 cm³/mol. The molecule has 0 aromatic heterocycles. The zero-order valence-electron chi connectivity index (χ0n) is 22.6. The van der Waals surface area contributed by atoms with Gasteiger partial charge in [0.15, 0.2) is 0 Å². The van der Waals surface area contributed by atoms with Crippen molar-refractivity contribution in [2.45, 2.75) is 25.9 Å². The van der Waals surface area contributed by atoms with Crippen LogP contribution in [0.5, 0.6) is 5.75 Å². The number of carboxylic acid groups (broad SMARTS) is 2. The lowest BCUT2D eigenvalue weighted by Gasteiger charge is -2.34. The van der Waals surface area contributed by atoms with Gasteiger partial charge in [-0.2, -0.15) is 0 Å². The summed E-state index contributed by atoms with van der Waals surface area (Å²) in [4.78, 5) is 48.9. The molecule has 1 heterocycles. The molecule has 14 heteroatoms. The van der Waals surface area contributed by atoms with E-state index in [9.17, 15) is 39.3 Å². The van der Waals surface area contributed by atoms with Crippen molar-refractivity contribution in [3.63, 3.8) is 0 Å². The molecule has 1 unspecified atom stereocenters. The average Bonchev–Trinajstić information content (AvgIpc) is 2.84. The standard InChI is InChI=1S/C25H43N4O9P/c1-2-3-16-38-23-7-5-4-6-21(23)22(30)17-26-8-10-27(18-24(31)32)12-14-29(20-39(35,36)37)15-13-28(11-9-26)19-25(33)34/h4-7,22,30H,2-3,8-20H2,1H3,(H,31,32)(H,33,34)(H2,35,36,37). The molecule has 1 aliphatic rings. The lowest BCUT2D eigenvalue weighted by atomic mass is 10.1. The summed E-state index contributed by atoms with van der Waals surface area (Å²) in [5.74, 6) is -1.42. The molecule has 0 bridgehead atoms. The minimum absolute atomic E-state index is 0.213. The quantitative estimate of drug-likeness (QED) is 0.162. The summed E-state index contributed by atoms with van der Waals surface area (Å²) in [6, 6.07) is 7.30. The molecule has 1 aromatic carbocycles. The minimum Gasteiger partial charge on any atom is -0.493 e. The van der Waals surface area contributed by atoms with Crippen LogP contribution in [0.2, 0.25) is 0 Å². The van der Waals surface area contributed by atoms with Crippen LogP contribution in [0.25, 0.3) is 0 Å². The van der Waals surface area contributed by atoms with Gasteiger partial charge in [-0.05, 0) is 12.5 Å². The van der Waals surface area contributed by atoms with Crippen molar-refractivity contribution in [2.24, 2.45) is 0 Å². The van der Waals surface area contributed by atoms with Crippen molar-refractivity contribution in [1.82, 2.24) is 19.6 Å². The second-order valence-corrected chi connectivity index (χ2v) is 11.4. The Kier molecular flexibility index (Phi) is 14.3. The average molecular weight is 575 g/mol. The zero-order valence-corrected chi connectivity index (χ0v) is 23.5. The highest BCUT2D eigenvalue weighted by atomic mass is 31.2. The van der Waals surface area contributed by atoms with Crippen LogP contribution < -0.4 is 4.74 Å². The monoisotopic (exact) mass is 574 g/mol. The summed E-state index contributed by atoms with van der Waals surface area (Å²) in [7, 11) is -4.37. The Morgan fingerprint density at radius 1 is 0.872 bits per heavy atom. The summed E-state index contributed by atoms with van der Waals surface area (Å²) in [5, 5.41) is 29.9. The van der Waals surface area contributed by atoms with E-state index in [1.165, 1.54) is 0 Å². The maximum absolute atomic E-state index is 11.7. The number of aliphatic hydroxyl groups is 1. The van der Waals surface area contributed by atoms with E-state index in [0.717, 1.165) is 12.8 Å². The third kappa shape index (κ3) is 13.7. The first-order valence-corrected chi connectivity index (χ1v) is 15.0. The lowest BCUT2D eigenvalue weighted by molar-refractivity contribution is -0.139. The van der Waals surface area contributed by atoms with Crippen molar-refractivity contribution in [3.8, 4) is 5.75 Å². The van der Waals surface area contributed by atoms with Crippen LogP contribution in [0, 0.1) is 0 Å². The first kappa shape index (κ1) is 33.1. The molecule has 0 saturated carbocycles. The Balaban J connectivity index is 2.20. The van der Waals surface area contributed by atoms with Gasteiger partial charge in [0, 0.05) is 64.5 Å². The molecule has 13 nitrogen and oxygen atoms in total. The fourth-order valence-corrected chi connectivity index (χ4v) is 5.22. The zero-order chi connectivity index (χ0) is 28.8. The van der Waals surface area contributed by atoms with Gasteiger partial charge in [-0.25, -0.2) is 0 Å². The Labute approximate surface area is 229 Å². The number of rotatable bonds is 13. The number of ether oxygens (including phenoxy) is 1. The van der Waals surface area contributed by atoms with Gasteiger partial charge in [0.25, 0.3) is 0 Å². The molecule has 39 heavy (non-hydrogen) atoms. The molecule has 1 saturated heterocycles. The van der Waals surface area contributed by atoms with Gasteiger partial charge in [0.05, 0.1) is 25.8 Å². The largest absolute Gasteiger partial charge is 0.493 e. The van der Waals surface area contributed by atoms with E-state index in [0.29, 0.717) is 44.1 Å². The number of nitrogens with zero attached hydrogens (tertiary/aromatic N) is 4. The fourth-order valence-electron chi connectivity index (χ4n) is 4.42. The number of carbonyl (C=O) groups is 2. The number of hydrogen-bond donors (Lipinski definition) is 5. The Hall–Kier alpha value is -2.09. The number of para-hydroxylation sites is 1. The molecule has 0 amide bonds. The van der Waals surface area contributed by atoms with E-state index in [2.05, 4.69) is 6.92 Å². The number of benzene rings is 1. The van der Waals surface area contributed by atoms with Crippen LogP contribution in [-0.4, -0.2) is 142 Å². The van der Waals surface area contributed by atoms with E-state index in [1.807, 2.05) is 29.2 Å². The van der Waals surface area contributed by atoms with Gasteiger partial charge in [-0.3, -0.25) is 33.8 Å². The van der Waals surface area contributed by atoms with Gasteiger partial charge in [0.1, 0.15) is 12.0 Å². The van der Waals surface area contributed by atoms with Crippen LogP contribution in [0.3, 0.4) is 0 Å². The number of carboxylic acids is 2. The Morgan fingerprint density at radius 2 is 1.36 bits per heavy atom. The van der Waals surface area contributed by atoms with E-state index in [-0.39, 0.29) is 45.8 Å². The van der Waals surface area contributed by atoms with Crippen molar-refractivity contribution in [1.29, 1.82) is 0 Å². The van der Waals surface area contributed by atoms with Crippen molar-refractivity contribution < 1.29 is 44.0 Å². The normalized spacial score (nSPS) is 18.7. The molecule has 1 aromatic rings. The molecule has 222 valence electrons. The van der Waals surface area contributed by atoms with Crippen LogP contribution in [0.1, 0.15) is 31.4 Å². The van der Waals surface area contributed by atoms with Gasteiger partial charge in [-0.15, -0.1) is 0 Å². The molecule has 0 spiro atoms. The third-order valence-corrected chi connectivity index (χ3v) is 7.26. The number of β-amino-alcohol motifs (C(OH)–C–C–N with tert-alkyl or cyclic N) is 1. The van der Waals surface area contributed by atoms with Gasteiger partial charge in [0.2, 0.25) is 0 Å². The molecule has 0 radical (unpaired) electrons. The molecular formula is C25H43N4O9P. The second-order valence-electron chi connectivity index (χ2n) is 9.82. The van der Waals surface area contributed by atoms with E-state index in [4.69, 9.17) is 4.74 Å². The second kappa shape index (κ2) is 16.9. The SMILES string of the molecule is CCCCOc1ccccc1C(O)CN1CCN(CC(=O)O)CCN(CP(=O)(O)O)CCN(CC(=O)O)CC1. The summed E-state index contributed by atoms with van der Waals surface area (Å²) in [6.45, 7) is 4.81. The highest BCUT2D eigenvalue weighted by molar-refractivity contribution is 7.51. The number of aliphatic carboxylic acids is 2. The summed E-state index contributed by atoms with van der Waals surface area (Å²) in [5.41, 5.74) is 0.651. The maximum atomic E-state index is 11.7. The summed E-state index contributed by atoms with van der Waals surface area (Å²) in [6.07, 6.45) is 0.499. The predicted octanol–water partition coefficient (Wildman–Crippen LogP) is 0.425. The van der Waals surface area contributed by atoms with Crippen LogP contribution in [0.15, 0.2) is 24.3 Å². The first-order chi connectivity index (χ1) is 18.5. The Bertz CT molecular complexity index is 916. The van der Waals surface area contributed by atoms with E-state index >= 15 is 0 Å². The van der Waals surface area contributed by atoms with Gasteiger partial charge in [-0.1, -0.05) is 31.5 Å². The van der Waals surface area contributed by atoms with Gasteiger partial charge >= 0.3 is 19.5 Å². The molecule has 2 rings (SSSR count). The summed E-state index contributed by atoms with van der Waals surface area (Å²) >= 11 is 0. The highest BCUT2D eigenvalue weighted by Crippen LogP contribution is 2.35. The lowest BCUT2D eigenvalue weighted by Crippen LogP contribution is -2.48. The highest BCUT2D eigenvalue weighted by Gasteiger charge is 2.24. The number of aliphatic hydroxyl groups excluding tert-OH is 1. The topological polar surface area (TPSA) is 175 Å². The smallest absolute Gasteiger partial charge is 0.339 e. The molecule has 5 N–H and O–H groups in total. The van der Waals surface area contributed by atoms with Crippen molar-refractivity contribution in [3.05, 3.63) is 29.8 Å². The van der Waals surface area contributed by atoms with E-state index in [1.54, 1.807) is 14.7 Å². The molecule has 1 fully saturated rings. The minimum atomic E-state index is -4.37. The maximum Gasteiger partial charge on any atom is 0.339 e. The fraction of sp³-hybridized carbons (Fsp3) is 0.680. The van der Waals surface area contributed by atoms with Crippen molar-refractivity contribution in [2.75, 3.05) is 84.9 Å². The summed E-state index contributed by atoms with van der Waals surface area (Å²) < 4.78 is 17.5. The molecule has 1 aliphatic heterocycles. The van der Waals surface area contributed by atoms with Crippen LogP contribution in [0.4, 0.5) is 0 Å². The third-order valence-electron chi connectivity index (χ3n) is 6.50. The molecule has 0 aliphatic carbocycles. The number of unbranched alkanes of at least 4 members (excludes halogenated alkanes) is 1. The van der Waals surface area contributed by atoms with Crippen LogP contribution >= 0.6 is 7.60 Å². The number of hydrogen-bond acceptors (Lipinski definition) is 9. The first-order valence-electron chi connectivity index (χ1n) is 13.2. The molecule has 1 atom stereocenters.